The molecule has 1 atom stereocenters. The number of halogens is 2. The van der Waals surface area contributed by atoms with Crippen LogP contribution in [-0.2, 0) is 4.79 Å². The van der Waals surface area contributed by atoms with E-state index in [9.17, 15) is 4.79 Å². The van der Waals surface area contributed by atoms with Gasteiger partial charge in [-0.15, -0.1) is 0 Å². The van der Waals surface area contributed by atoms with Gasteiger partial charge in [0.05, 0.1) is 5.02 Å². The zero-order valence-electron chi connectivity index (χ0n) is 9.54. The van der Waals surface area contributed by atoms with Gasteiger partial charge < -0.3 is 10.4 Å². The summed E-state index contributed by atoms with van der Waals surface area (Å²) >= 11 is 9.18. The van der Waals surface area contributed by atoms with E-state index in [0.29, 0.717) is 11.4 Å². The fourth-order valence-electron chi connectivity index (χ4n) is 1.45. The van der Waals surface area contributed by atoms with Gasteiger partial charge in [0.25, 0.3) is 0 Å². The highest BCUT2D eigenvalue weighted by Gasteiger charge is 2.16. The number of unbranched alkanes of at least 4 members (excludes halogenated alkanes) is 1. The molecule has 0 radical (unpaired) electrons. The molecule has 3 nitrogen and oxygen atoms in total. The molecule has 1 rings (SSSR count). The second-order valence-electron chi connectivity index (χ2n) is 3.81. The number of hydrogen-bond donors (Lipinski definition) is 2. The van der Waals surface area contributed by atoms with E-state index in [2.05, 4.69) is 21.2 Å². The van der Waals surface area contributed by atoms with Crippen LogP contribution in [-0.4, -0.2) is 17.1 Å². The molecule has 1 unspecified atom stereocenters. The maximum absolute atomic E-state index is 11.1. The summed E-state index contributed by atoms with van der Waals surface area (Å²) in [6, 6.07) is 4.73. The Balaban J connectivity index is 2.71. The maximum Gasteiger partial charge on any atom is 0.326 e. The molecule has 0 aliphatic carbocycles. The maximum atomic E-state index is 11.1. The van der Waals surface area contributed by atoms with Crippen LogP contribution in [0.15, 0.2) is 22.7 Å². The first-order chi connectivity index (χ1) is 8.04. The molecule has 0 aromatic heterocycles. The first kappa shape index (κ1) is 14.3. The number of carbonyl (C=O) groups is 1. The van der Waals surface area contributed by atoms with Gasteiger partial charge in [0, 0.05) is 10.2 Å². The topological polar surface area (TPSA) is 49.3 Å². The molecule has 0 amide bonds. The van der Waals surface area contributed by atoms with Gasteiger partial charge in [-0.2, -0.15) is 0 Å². The van der Waals surface area contributed by atoms with Gasteiger partial charge in [-0.3, -0.25) is 0 Å². The Morgan fingerprint density at radius 3 is 2.82 bits per heavy atom. The van der Waals surface area contributed by atoms with E-state index in [1.165, 1.54) is 0 Å². The number of aliphatic carboxylic acids is 1. The van der Waals surface area contributed by atoms with Crippen LogP contribution >= 0.6 is 27.5 Å². The quantitative estimate of drug-likeness (QED) is 0.827. The molecule has 0 bridgehead atoms. The average molecular weight is 321 g/mol. The highest BCUT2D eigenvalue weighted by molar-refractivity contribution is 9.10. The Labute approximate surface area is 114 Å². The number of nitrogens with one attached hydrogen (secondary N) is 1. The summed E-state index contributed by atoms with van der Waals surface area (Å²) in [5.41, 5.74) is 0.754. The van der Waals surface area contributed by atoms with Crippen molar-refractivity contribution in [2.24, 2.45) is 0 Å². The molecule has 0 spiro atoms. The Hall–Kier alpha value is -0.740. The minimum Gasteiger partial charge on any atom is -0.480 e. The molecule has 0 saturated carbocycles. The third kappa shape index (κ3) is 4.56. The Morgan fingerprint density at radius 1 is 1.59 bits per heavy atom. The van der Waals surface area contributed by atoms with Crippen molar-refractivity contribution in [3.63, 3.8) is 0 Å². The zero-order chi connectivity index (χ0) is 12.8. The molecule has 17 heavy (non-hydrogen) atoms. The van der Waals surface area contributed by atoms with Crippen molar-refractivity contribution in [3.05, 3.63) is 27.7 Å². The molecule has 94 valence electrons. The lowest BCUT2D eigenvalue weighted by Gasteiger charge is -2.15. The smallest absolute Gasteiger partial charge is 0.326 e. The van der Waals surface area contributed by atoms with E-state index >= 15 is 0 Å². The third-order valence-corrected chi connectivity index (χ3v) is 3.62. The fourth-order valence-corrected chi connectivity index (χ4v) is 1.95. The van der Waals surface area contributed by atoms with Gasteiger partial charge in [-0.25, -0.2) is 4.79 Å². The van der Waals surface area contributed by atoms with Crippen LogP contribution in [0.25, 0.3) is 0 Å². The van der Waals surface area contributed by atoms with Crippen LogP contribution in [0.4, 0.5) is 5.69 Å². The van der Waals surface area contributed by atoms with Gasteiger partial charge in [0.2, 0.25) is 0 Å². The summed E-state index contributed by atoms with van der Waals surface area (Å²) in [7, 11) is 0. The molecule has 5 heteroatoms. The van der Waals surface area contributed by atoms with E-state index in [-0.39, 0.29) is 0 Å². The minimum atomic E-state index is -0.829. The third-order valence-electron chi connectivity index (χ3n) is 2.40. The number of benzene rings is 1. The van der Waals surface area contributed by atoms with Crippen molar-refractivity contribution in [2.45, 2.75) is 32.2 Å². The first-order valence-corrected chi connectivity index (χ1v) is 6.66. The lowest BCUT2D eigenvalue weighted by molar-refractivity contribution is -0.138. The number of carboxylic acid groups (broad SMARTS) is 1. The van der Waals surface area contributed by atoms with Crippen molar-refractivity contribution in [1.82, 2.24) is 0 Å². The number of carboxylic acids is 1. The molecule has 0 aliphatic rings. The van der Waals surface area contributed by atoms with Crippen molar-refractivity contribution in [1.29, 1.82) is 0 Å². The normalized spacial score (nSPS) is 12.2. The number of hydrogen-bond acceptors (Lipinski definition) is 2. The summed E-state index contributed by atoms with van der Waals surface area (Å²) < 4.78 is 0.754. The monoisotopic (exact) mass is 319 g/mol. The molecule has 1 aromatic carbocycles. The Kier molecular flexibility index (Phi) is 5.78. The van der Waals surface area contributed by atoms with E-state index in [1.54, 1.807) is 18.2 Å². The van der Waals surface area contributed by atoms with Crippen LogP contribution in [0, 0.1) is 0 Å². The van der Waals surface area contributed by atoms with E-state index < -0.39 is 12.0 Å². The molecule has 0 aliphatic heterocycles. The van der Waals surface area contributed by atoms with Crippen molar-refractivity contribution in [3.8, 4) is 0 Å². The Morgan fingerprint density at radius 2 is 2.29 bits per heavy atom. The molecule has 1 aromatic rings. The second kappa shape index (κ2) is 6.87. The Bertz CT molecular complexity index is 398. The largest absolute Gasteiger partial charge is 0.480 e. The van der Waals surface area contributed by atoms with Gasteiger partial charge >= 0.3 is 5.97 Å². The van der Waals surface area contributed by atoms with Crippen molar-refractivity contribution >= 4 is 39.2 Å². The number of anilines is 1. The molecule has 0 saturated heterocycles. The molecular formula is C12H15BrClNO2. The van der Waals surface area contributed by atoms with Gasteiger partial charge in [-0.1, -0.05) is 31.4 Å². The molecule has 2 N–H and O–H groups in total. The van der Waals surface area contributed by atoms with E-state index in [4.69, 9.17) is 16.7 Å². The van der Waals surface area contributed by atoms with Crippen LogP contribution < -0.4 is 5.32 Å². The van der Waals surface area contributed by atoms with Crippen LogP contribution in [0.5, 0.6) is 0 Å². The lowest BCUT2D eigenvalue weighted by Crippen LogP contribution is -2.29. The van der Waals surface area contributed by atoms with Crippen molar-refractivity contribution < 1.29 is 9.90 Å². The summed E-state index contributed by atoms with van der Waals surface area (Å²) in [6.07, 6.45) is 2.49. The summed E-state index contributed by atoms with van der Waals surface area (Å²) in [6.45, 7) is 2.04. The highest BCUT2D eigenvalue weighted by Crippen LogP contribution is 2.26. The summed E-state index contributed by atoms with van der Waals surface area (Å²) in [5.74, 6) is -0.829. The average Bonchev–Trinajstić information content (AvgIpc) is 2.28. The standard InChI is InChI=1S/C12H15BrClNO2/c1-2-3-4-11(12(16)17)15-8-5-6-10(14)9(13)7-8/h5-7,11,15H,2-4H2,1H3,(H,16,17). The molecular weight excluding hydrogens is 305 g/mol. The molecule has 0 fully saturated rings. The van der Waals surface area contributed by atoms with E-state index in [1.807, 2.05) is 6.92 Å². The van der Waals surface area contributed by atoms with Gasteiger partial charge in [0.15, 0.2) is 0 Å². The summed E-state index contributed by atoms with van der Waals surface area (Å²) in [5, 5.41) is 12.7. The van der Waals surface area contributed by atoms with E-state index in [0.717, 1.165) is 23.0 Å². The SMILES string of the molecule is CCCCC(Nc1ccc(Cl)c(Br)c1)C(=O)O. The van der Waals surface area contributed by atoms with Crippen molar-refractivity contribution in [2.75, 3.05) is 5.32 Å². The zero-order valence-corrected chi connectivity index (χ0v) is 11.9. The predicted molar refractivity (Wildman–Crippen MR) is 73.7 cm³/mol. The lowest BCUT2D eigenvalue weighted by atomic mass is 10.1. The van der Waals surface area contributed by atoms with Gasteiger partial charge in [0.1, 0.15) is 6.04 Å². The second-order valence-corrected chi connectivity index (χ2v) is 5.07. The van der Waals surface area contributed by atoms with Gasteiger partial charge in [-0.05, 0) is 40.5 Å². The highest BCUT2D eigenvalue weighted by atomic mass is 79.9. The summed E-state index contributed by atoms with van der Waals surface area (Å²) in [4.78, 5) is 11.1. The minimum absolute atomic E-state index is 0.553. The van der Waals surface area contributed by atoms with Crippen LogP contribution in [0.1, 0.15) is 26.2 Å². The fraction of sp³-hybridized carbons (Fsp3) is 0.417. The van der Waals surface area contributed by atoms with Crippen LogP contribution in [0.2, 0.25) is 5.02 Å². The molecule has 0 heterocycles. The number of rotatable bonds is 6. The first-order valence-electron chi connectivity index (χ1n) is 5.49. The predicted octanol–water partition coefficient (Wildman–Crippen LogP) is 4.16. The van der Waals surface area contributed by atoms with Crippen LogP contribution in [0.3, 0.4) is 0 Å².